The lowest BCUT2D eigenvalue weighted by Gasteiger charge is -2.27. The fraction of sp³-hybridized carbons (Fsp3) is 0.161. The first-order valence-corrected chi connectivity index (χ1v) is 15.2. The third-order valence-electron chi connectivity index (χ3n) is 6.90. The molecule has 1 heterocycles. The molecule has 0 spiro atoms. The molecule has 0 aromatic heterocycles. The molecule has 0 bridgehead atoms. The van der Waals surface area contributed by atoms with E-state index in [9.17, 15) is 18.0 Å². The molecule has 2 amide bonds. The van der Waals surface area contributed by atoms with Gasteiger partial charge >= 0.3 is 0 Å². The first kappa shape index (κ1) is 28.7. The summed E-state index contributed by atoms with van der Waals surface area (Å²) in [5, 5.41) is 0.389. The molecule has 1 aliphatic rings. The van der Waals surface area contributed by atoms with Crippen LogP contribution < -0.4 is 14.1 Å². The third kappa shape index (κ3) is 5.81. The van der Waals surface area contributed by atoms with Crippen LogP contribution in [0, 0.1) is 0 Å². The molecule has 10 heteroatoms. The highest BCUT2D eigenvalue weighted by Crippen LogP contribution is 2.36. The predicted octanol–water partition coefficient (Wildman–Crippen LogP) is 6.79. The molecular weight excluding hydrogens is 581 g/mol. The summed E-state index contributed by atoms with van der Waals surface area (Å²) in [5.74, 6) is -0.590. The number of hydrogen-bond donors (Lipinski definition) is 0. The van der Waals surface area contributed by atoms with Gasteiger partial charge in [-0.15, -0.1) is 0 Å². The summed E-state index contributed by atoms with van der Waals surface area (Å²) in [4.78, 5) is 29.4. The van der Waals surface area contributed by atoms with Crippen molar-refractivity contribution >= 4 is 62.1 Å². The normalized spacial score (nSPS) is 13.3. The highest BCUT2D eigenvalue weighted by molar-refractivity contribution is 7.92. The van der Waals surface area contributed by atoms with Crippen molar-refractivity contribution in [1.29, 1.82) is 0 Å². The van der Waals surface area contributed by atoms with Gasteiger partial charge in [-0.1, -0.05) is 77.8 Å². The molecule has 0 radical (unpaired) electrons. The van der Waals surface area contributed by atoms with Crippen LogP contribution in [0.25, 0.3) is 0 Å². The first-order valence-electron chi connectivity index (χ1n) is 13.0. The second-order valence-electron chi connectivity index (χ2n) is 9.56. The number of nitrogens with zero attached hydrogens (tertiary/aromatic N) is 3. The lowest BCUT2D eigenvalue weighted by molar-refractivity contribution is -0.116. The SMILES string of the molecule is CC(=O)N1CCCN(C(=O)c2cc(S(=O)(=O)N(Cc3ccccc3)c3ccccc3Cl)ccc2Cl)c2ccccc21. The number of sulfonamides is 1. The summed E-state index contributed by atoms with van der Waals surface area (Å²) >= 11 is 13.0. The van der Waals surface area contributed by atoms with E-state index in [4.69, 9.17) is 23.2 Å². The summed E-state index contributed by atoms with van der Waals surface area (Å²) in [6, 6.07) is 27.1. The second-order valence-corrected chi connectivity index (χ2v) is 12.2. The quantitative estimate of drug-likeness (QED) is 0.242. The number of fused-ring (bicyclic) bond motifs is 1. The van der Waals surface area contributed by atoms with Gasteiger partial charge in [0.05, 0.1) is 44.1 Å². The Morgan fingerprint density at radius 2 is 1.39 bits per heavy atom. The average Bonchev–Trinajstić information content (AvgIpc) is 3.17. The molecule has 5 rings (SSSR count). The standard InChI is InChI=1S/C31H27Cl2N3O4S/c1-22(37)34-18-9-19-35(30-15-8-7-14-29(30)34)31(38)25-20-24(16-17-26(25)32)41(39,40)36(21-23-10-3-2-4-11-23)28-13-6-5-12-27(28)33/h2-8,10-17,20H,9,18-19,21H2,1H3. The number of halogens is 2. The van der Waals surface area contributed by atoms with Crippen molar-refractivity contribution in [3.8, 4) is 0 Å². The van der Waals surface area contributed by atoms with E-state index in [-0.39, 0.29) is 33.0 Å². The van der Waals surface area contributed by atoms with Crippen LogP contribution in [0.3, 0.4) is 0 Å². The number of para-hydroxylation sites is 3. The van der Waals surface area contributed by atoms with Crippen molar-refractivity contribution in [1.82, 2.24) is 0 Å². The van der Waals surface area contributed by atoms with Gasteiger partial charge in [0.15, 0.2) is 0 Å². The third-order valence-corrected chi connectivity index (χ3v) is 9.30. The van der Waals surface area contributed by atoms with Crippen molar-refractivity contribution < 1.29 is 18.0 Å². The van der Waals surface area contributed by atoms with Crippen molar-refractivity contribution in [3.05, 3.63) is 118 Å². The molecule has 4 aromatic rings. The van der Waals surface area contributed by atoms with Crippen LogP contribution in [0.4, 0.5) is 17.1 Å². The average molecular weight is 609 g/mol. The lowest BCUT2D eigenvalue weighted by atomic mass is 10.1. The number of rotatable bonds is 6. The highest BCUT2D eigenvalue weighted by atomic mass is 35.5. The summed E-state index contributed by atoms with van der Waals surface area (Å²) in [5.41, 5.74) is 2.27. The number of benzene rings is 4. The van der Waals surface area contributed by atoms with E-state index < -0.39 is 15.9 Å². The molecule has 0 unspecified atom stereocenters. The van der Waals surface area contributed by atoms with Crippen LogP contribution in [0.1, 0.15) is 29.3 Å². The summed E-state index contributed by atoms with van der Waals surface area (Å²) < 4.78 is 29.6. The first-order chi connectivity index (χ1) is 19.7. The van der Waals surface area contributed by atoms with Crippen LogP contribution in [0.15, 0.2) is 102 Å². The number of carbonyl (C=O) groups is 2. The lowest BCUT2D eigenvalue weighted by Crippen LogP contribution is -2.33. The fourth-order valence-corrected chi connectivity index (χ4v) is 6.88. The molecule has 210 valence electrons. The molecular formula is C31H27Cl2N3O4S. The topological polar surface area (TPSA) is 78.0 Å². The van der Waals surface area contributed by atoms with Crippen molar-refractivity contribution in [2.45, 2.75) is 24.8 Å². The van der Waals surface area contributed by atoms with E-state index in [1.54, 1.807) is 58.3 Å². The Hall–Kier alpha value is -3.85. The van der Waals surface area contributed by atoms with Gasteiger partial charge < -0.3 is 9.80 Å². The molecule has 1 aliphatic heterocycles. The number of hydrogen-bond acceptors (Lipinski definition) is 4. The summed E-state index contributed by atoms with van der Waals surface area (Å²) in [6.07, 6.45) is 0.535. The zero-order valence-electron chi connectivity index (χ0n) is 22.2. The Labute approximate surface area is 249 Å². The predicted molar refractivity (Wildman–Crippen MR) is 163 cm³/mol. The van der Waals surface area contributed by atoms with E-state index in [1.807, 2.05) is 30.3 Å². The van der Waals surface area contributed by atoms with Gasteiger partial charge in [-0.3, -0.25) is 13.9 Å². The molecule has 0 saturated carbocycles. The van der Waals surface area contributed by atoms with Gasteiger partial charge in [-0.25, -0.2) is 8.42 Å². The summed E-state index contributed by atoms with van der Waals surface area (Å²) in [6.45, 7) is 2.29. The Balaban J connectivity index is 1.57. The van der Waals surface area contributed by atoms with Crippen LogP contribution in [0.2, 0.25) is 10.0 Å². The van der Waals surface area contributed by atoms with E-state index in [1.165, 1.54) is 29.4 Å². The molecule has 0 fully saturated rings. The Bertz CT molecular complexity index is 1710. The van der Waals surface area contributed by atoms with Crippen LogP contribution in [-0.4, -0.2) is 33.3 Å². The van der Waals surface area contributed by atoms with Gasteiger partial charge in [0.1, 0.15) is 0 Å². The van der Waals surface area contributed by atoms with Crippen molar-refractivity contribution in [2.75, 3.05) is 27.2 Å². The van der Waals surface area contributed by atoms with Gasteiger partial charge in [0.25, 0.3) is 15.9 Å². The zero-order chi connectivity index (χ0) is 29.1. The maximum absolute atomic E-state index is 14.2. The Kier molecular flexibility index (Phi) is 8.35. The van der Waals surface area contributed by atoms with E-state index in [0.29, 0.717) is 36.6 Å². The van der Waals surface area contributed by atoms with E-state index in [2.05, 4.69) is 0 Å². The largest absolute Gasteiger partial charge is 0.311 e. The second kappa shape index (κ2) is 11.9. The van der Waals surface area contributed by atoms with E-state index in [0.717, 1.165) is 5.56 Å². The minimum Gasteiger partial charge on any atom is -0.311 e. The monoisotopic (exact) mass is 607 g/mol. The molecule has 4 aromatic carbocycles. The Morgan fingerprint density at radius 3 is 2.07 bits per heavy atom. The Morgan fingerprint density at radius 1 is 0.780 bits per heavy atom. The molecule has 0 aliphatic carbocycles. The van der Waals surface area contributed by atoms with Gasteiger partial charge in [0, 0.05) is 20.0 Å². The van der Waals surface area contributed by atoms with Gasteiger partial charge in [-0.2, -0.15) is 0 Å². The minimum absolute atomic E-state index is 0.0270. The maximum atomic E-state index is 14.2. The summed E-state index contributed by atoms with van der Waals surface area (Å²) in [7, 11) is -4.20. The maximum Gasteiger partial charge on any atom is 0.264 e. The molecule has 41 heavy (non-hydrogen) atoms. The molecule has 0 saturated heterocycles. The van der Waals surface area contributed by atoms with Gasteiger partial charge in [-0.05, 0) is 54.4 Å². The number of carbonyl (C=O) groups excluding carboxylic acids is 2. The number of anilines is 3. The molecule has 7 nitrogen and oxygen atoms in total. The van der Waals surface area contributed by atoms with Crippen LogP contribution >= 0.6 is 23.2 Å². The smallest absolute Gasteiger partial charge is 0.264 e. The fourth-order valence-electron chi connectivity index (χ4n) is 4.89. The van der Waals surface area contributed by atoms with Crippen LogP contribution in [0.5, 0.6) is 0 Å². The van der Waals surface area contributed by atoms with Crippen LogP contribution in [-0.2, 0) is 21.4 Å². The zero-order valence-corrected chi connectivity index (χ0v) is 24.5. The van der Waals surface area contributed by atoms with Crippen molar-refractivity contribution in [2.24, 2.45) is 0 Å². The van der Waals surface area contributed by atoms with E-state index >= 15 is 0 Å². The molecule has 0 N–H and O–H groups in total. The minimum atomic E-state index is -4.20. The highest BCUT2D eigenvalue weighted by Gasteiger charge is 2.31. The van der Waals surface area contributed by atoms with Crippen molar-refractivity contribution in [3.63, 3.8) is 0 Å². The van der Waals surface area contributed by atoms with Gasteiger partial charge in [0.2, 0.25) is 5.91 Å². The molecule has 0 atom stereocenters. The number of amides is 2.